The summed E-state index contributed by atoms with van der Waals surface area (Å²) < 4.78 is 13.2. The number of hydrogen-bond donors (Lipinski definition) is 4. The zero-order valence-corrected chi connectivity index (χ0v) is 27.4. The quantitative estimate of drug-likeness (QED) is 0.127. The van der Waals surface area contributed by atoms with E-state index in [0.29, 0.717) is 37.2 Å². The number of carbonyl (C=O) groups is 1. The van der Waals surface area contributed by atoms with Gasteiger partial charge in [-0.3, -0.25) is 9.78 Å². The molecule has 4 aromatic carbocycles. The highest BCUT2D eigenvalue weighted by atomic mass is 16.7. The second-order valence-electron chi connectivity index (χ2n) is 12.4. The van der Waals surface area contributed by atoms with Crippen molar-refractivity contribution in [2.24, 2.45) is 0 Å². The Morgan fingerprint density at radius 2 is 1.67 bits per heavy atom. The number of nitrogens with zero attached hydrogens (tertiary/aromatic N) is 2. The Labute approximate surface area is 286 Å². The number of aromatic hydroxyl groups is 1. The summed E-state index contributed by atoms with van der Waals surface area (Å²) in [5.74, 6) is -0.0619. The van der Waals surface area contributed by atoms with Crippen molar-refractivity contribution in [2.45, 2.75) is 44.2 Å². The molecule has 9 nitrogen and oxygen atoms in total. The third-order valence-electron chi connectivity index (χ3n) is 8.67. The first kappa shape index (κ1) is 34.0. The zero-order valence-electron chi connectivity index (χ0n) is 27.4. The normalized spacial score (nSPS) is 18.2. The van der Waals surface area contributed by atoms with Gasteiger partial charge in [-0.2, -0.15) is 0 Å². The third-order valence-corrected chi connectivity index (χ3v) is 8.67. The molecule has 0 radical (unpaired) electrons. The van der Waals surface area contributed by atoms with E-state index in [4.69, 9.17) is 9.47 Å². The molecule has 0 bridgehead atoms. The van der Waals surface area contributed by atoms with E-state index in [1.54, 1.807) is 48.8 Å². The lowest BCUT2D eigenvalue weighted by atomic mass is 9.98. The molecule has 49 heavy (non-hydrogen) atoms. The number of ether oxygens (including phenoxy) is 2. The Kier molecular flexibility index (Phi) is 11.1. The van der Waals surface area contributed by atoms with E-state index in [-0.39, 0.29) is 30.5 Å². The van der Waals surface area contributed by atoms with E-state index in [0.717, 1.165) is 33.4 Å². The maximum Gasteiger partial charge on any atom is 0.253 e. The van der Waals surface area contributed by atoms with Gasteiger partial charge in [0.1, 0.15) is 5.75 Å². The van der Waals surface area contributed by atoms with Gasteiger partial charge < -0.3 is 35.0 Å². The van der Waals surface area contributed by atoms with Gasteiger partial charge in [-0.25, -0.2) is 0 Å². The maximum atomic E-state index is 12.6. The van der Waals surface area contributed by atoms with Crippen molar-refractivity contribution >= 4 is 5.91 Å². The molecule has 4 N–H and O–H groups in total. The minimum Gasteiger partial charge on any atom is -0.508 e. The van der Waals surface area contributed by atoms with Crippen LogP contribution in [0, 0.1) is 0 Å². The molecule has 252 valence electrons. The van der Waals surface area contributed by atoms with Crippen LogP contribution in [0.2, 0.25) is 0 Å². The van der Waals surface area contributed by atoms with E-state index in [1.165, 1.54) is 0 Å². The van der Waals surface area contributed by atoms with Gasteiger partial charge in [0.2, 0.25) is 0 Å². The monoisotopic (exact) mass is 659 g/mol. The number of aliphatic hydroxyl groups excluding tert-OH is 2. The van der Waals surface area contributed by atoms with Crippen LogP contribution in [0.4, 0.5) is 0 Å². The molecule has 1 aromatic heterocycles. The van der Waals surface area contributed by atoms with Crippen LogP contribution in [0.5, 0.6) is 5.75 Å². The van der Waals surface area contributed by atoms with Crippen molar-refractivity contribution < 1.29 is 29.6 Å². The maximum absolute atomic E-state index is 12.6. The Bertz CT molecular complexity index is 1830. The van der Waals surface area contributed by atoms with Crippen LogP contribution in [0.25, 0.3) is 11.1 Å². The summed E-state index contributed by atoms with van der Waals surface area (Å²) in [6, 6.07) is 34.1. The van der Waals surface area contributed by atoms with Gasteiger partial charge in [-0.15, -0.1) is 0 Å². The highest BCUT2D eigenvalue weighted by molar-refractivity contribution is 5.93. The second kappa shape index (κ2) is 16.0. The number of carbonyl (C=O) groups excluding carboxylic acids is 1. The van der Waals surface area contributed by atoms with Crippen LogP contribution in [-0.4, -0.2) is 57.4 Å². The van der Waals surface area contributed by atoms with Gasteiger partial charge in [0, 0.05) is 44.0 Å². The number of rotatable bonds is 12. The van der Waals surface area contributed by atoms with Crippen molar-refractivity contribution in [3.8, 4) is 16.9 Å². The van der Waals surface area contributed by atoms with E-state index >= 15 is 0 Å². The first-order valence-electron chi connectivity index (χ1n) is 16.4. The fourth-order valence-corrected chi connectivity index (χ4v) is 6.10. The molecule has 2 heterocycles. The van der Waals surface area contributed by atoms with Crippen LogP contribution in [0.3, 0.4) is 0 Å². The molecule has 0 aliphatic carbocycles. The molecular formula is C40H41N3O6. The van der Waals surface area contributed by atoms with Crippen LogP contribution >= 0.6 is 0 Å². The molecule has 1 amide bonds. The number of pyridine rings is 1. The molecule has 1 fully saturated rings. The summed E-state index contributed by atoms with van der Waals surface area (Å²) in [7, 11) is 1.94. The summed E-state index contributed by atoms with van der Waals surface area (Å²) in [6.45, 7) is 1.26. The minimum absolute atomic E-state index is 0.0304. The molecule has 1 saturated heterocycles. The molecule has 4 atom stereocenters. The molecule has 0 saturated carbocycles. The van der Waals surface area contributed by atoms with Crippen molar-refractivity contribution in [3.05, 3.63) is 155 Å². The van der Waals surface area contributed by atoms with Crippen LogP contribution in [0.1, 0.15) is 63.1 Å². The van der Waals surface area contributed by atoms with Gasteiger partial charge in [0.15, 0.2) is 6.29 Å². The van der Waals surface area contributed by atoms with Gasteiger partial charge in [0.25, 0.3) is 5.91 Å². The summed E-state index contributed by atoms with van der Waals surface area (Å²) >= 11 is 0. The van der Waals surface area contributed by atoms with Crippen molar-refractivity contribution in [2.75, 3.05) is 20.1 Å². The number of aromatic nitrogens is 1. The fourth-order valence-electron chi connectivity index (χ4n) is 6.10. The van der Waals surface area contributed by atoms with Gasteiger partial charge >= 0.3 is 0 Å². The Hall–Kier alpha value is -4.90. The molecule has 5 aromatic rings. The average molecular weight is 660 g/mol. The lowest BCUT2D eigenvalue weighted by Crippen LogP contribution is -2.39. The summed E-state index contributed by atoms with van der Waals surface area (Å²) in [5, 5.41) is 33.3. The molecule has 6 rings (SSSR count). The van der Waals surface area contributed by atoms with E-state index in [2.05, 4.69) is 22.4 Å². The van der Waals surface area contributed by atoms with Gasteiger partial charge in [0.05, 0.1) is 30.5 Å². The Morgan fingerprint density at radius 3 is 2.43 bits per heavy atom. The van der Waals surface area contributed by atoms with E-state index in [1.807, 2.05) is 72.6 Å². The number of likely N-dealkylation sites (N-methyl/N-ethyl adjacent to an activating group) is 1. The number of benzene rings is 4. The lowest BCUT2D eigenvalue weighted by Gasteiger charge is -2.38. The topological polar surface area (TPSA) is 124 Å². The number of phenolic OH excluding ortho intramolecular Hbond substituents is 1. The average Bonchev–Trinajstić information content (AvgIpc) is 3.14. The van der Waals surface area contributed by atoms with Crippen molar-refractivity contribution in [3.63, 3.8) is 0 Å². The van der Waals surface area contributed by atoms with Crippen LogP contribution in [-0.2, 0) is 22.6 Å². The Balaban J connectivity index is 1.18. The molecule has 0 spiro atoms. The molecule has 1 aliphatic heterocycles. The molecular weight excluding hydrogens is 618 g/mol. The highest BCUT2D eigenvalue weighted by Gasteiger charge is 2.33. The third kappa shape index (κ3) is 8.97. The first-order chi connectivity index (χ1) is 23.8. The predicted molar refractivity (Wildman–Crippen MR) is 186 cm³/mol. The Morgan fingerprint density at radius 1 is 0.898 bits per heavy atom. The highest BCUT2D eigenvalue weighted by Crippen LogP contribution is 2.39. The number of phenols is 1. The first-order valence-corrected chi connectivity index (χ1v) is 16.4. The molecule has 0 unspecified atom stereocenters. The SMILES string of the molecule is CN(C[C@@H]1C[C@H](c2ccc(CO)cc2)O[C@H](c2cccc(-c3cccc(CNC(=O)c4cccnc4)c3)c2)O1)C[C@@H](O)c1cccc(O)c1. The van der Waals surface area contributed by atoms with E-state index < -0.39 is 12.4 Å². The number of nitrogens with one attached hydrogen (secondary N) is 1. The lowest BCUT2D eigenvalue weighted by molar-refractivity contribution is -0.252. The van der Waals surface area contributed by atoms with Crippen molar-refractivity contribution in [1.82, 2.24) is 15.2 Å². The fraction of sp³-hybridized carbons (Fsp3) is 0.250. The standard InChI is InChI=1S/C40H41N3O6/c1-43(25-37(46)32-9-4-12-35(45)20-32)24-36-21-38(29-15-13-27(26-44)14-16-29)49-40(48-36)33-10-3-8-31(19-33)30-7-2-6-28(18-30)22-42-39(47)34-11-5-17-41-23-34/h2-20,23,36-38,40,44-46H,21-22,24-26H2,1H3,(H,42,47)/t36-,37+,38+,40+/m0/s1. The van der Waals surface area contributed by atoms with Crippen LogP contribution < -0.4 is 5.32 Å². The minimum atomic E-state index is -0.773. The predicted octanol–water partition coefficient (Wildman–Crippen LogP) is 6.09. The molecule has 1 aliphatic rings. The number of aliphatic hydroxyl groups is 2. The summed E-state index contributed by atoms with van der Waals surface area (Å²) in [5.41, 5.74) is 6.81. The smallest absolute Gasteiger partial charge is 0.253 e. The number of amides is 1. The van der Waals surface area contributed by atoms with Gasteiger partial charge in [-0.05, 0) is 76.8 Å². The largest absolute Gasteiger partial charge is 0.508 e. The summed E-state index contributed by atoms with van der Waals surface area (Å²) in [6.07, 6.45) is 1.91. The second-order valence-corrected chi connectivity index (χ2v) is 12.4. The number of hydrogen-bond acceptors (Lipinski definition) is 8. The molecule has 9 heteroatoms. The summed E-state index contributed by atoms with van der Waals surface area (Å²) in [4.78, 5) is 18.6. The van der Waals surface area contributed by atoms with Crippen LogP contribution in [0.15, 0.2) is 122 Å². The zero-order chi connectivity index (χ0) is 34.2. The van der Waals surface area contributed by atoms with E-state index in [9.17, 15) is 20.1 Å². The van der Waals surface area contributed by atoms with Crippen molar-refractivity contribution in [1.29, 1.82) is 0 Å². The van der Waals surface area contributed by atoms with Gasteiger partial charge in [-0.1, -0.05) is 72.8 Å².